The van der Waals surface area contributed by atoms with Crippen molar-refractivity contribution in [3.8, 4) is 0 Å². The molecule has 1 aromatic rings. The van der Waals surface area contributed by atoms with Crippen LogP contribution in [0.15, 0.2) is 30.3 Å². The van der Waals surface area contributed by atoms with Crippen LogP contribution < -0.4 is 16.0 Å². The van der Waals surface area contributed by atoms with E-state index in [0.29, 0.717) is 38.8 Å². The quantitative estimate of drug-likeness (QED) is 0.135. The largest absolute Gasteiger partial charge is 0.391 e. The number of carbonyl (C=O) groups excluding carboxylic acids is 5. The molecule has 2 unspecified atom stereocenters. The maximum absolute atomic E-state index is 14.2. The van der Waals surface area contributed by atoms with E-state index in [1.54, 1.807) is 45.0 Å². The number of Topliss-reactive ketones (excluding diaryl/α,β-unsaturated/α-hetero) is 1. The van der Waals surface area contributed by atoms with Crippen molar-refractivity contribution in [1.82, 2.24) is 30.8 Å². The van der Waals surface area contributed by atoms with Gasteiger partial charge in [-0.15, -0.1) is 0 Å². The van der Waals surface area contributed by atoms with Gasteiger partial charge in [0.2, 0.25) is 17.7 Å². The molecule has 0 aliphatic carbocycles. The lowest BCUT2D eigenvalue weighted by atomic mass is 9.88. The lowest BCUT2D eigenvalue weighted by Crippen LogP contribution is -2.60. The number of aliphatic hydroxyl groups is 1. The maximum Gasteiger partial charge on any atom is 0.269 e. The third kappa shape index (κ3) is 13.0. The van der Waals surface area contributed by atoms with Gasteiger partial charge in [0.05, 0.1) is 42.9 Å². The summed E-state index contributed by atoms with van der Waals surface area (Å²) in [4.78, 5) is 77.7. The molecule has 0 spiro atoms. The lowest BCUT2D eigenvalue weighted by molar-refractivity contribution is -0.199. The third-order valence-electron chi connectivity index (χ3n) is 11.9. The van der Waals surface area contributed by atoms with E-state index in [1.807, 2.05) is 58.0 Å². The van der Waals surface area contributed by atoms with Crippen molar-refractivity contribution in [3.05, 3.63) is 35.9 Å². The first-order valence-corrected chi connectivity index (χ1v) is 21.0. The Morgan fingerprint density at radius 2 is 1.62 bits per heavy atom. The average Bonchev–Trinajstić information content (AvgIpc) is 3.69. The number of hydrogen-bond donors (Lipinski definition) is 4. The standard InChI is InChI=1S/C43H72N6O9/c1-12-27(4)37(48(9)43(55)36(26(2)3)46-41(53)38(29(6)50)47(7)8)35(56-10)25-34(51)31-20-21-32(44-31)39(57-11)28(5)40(52)45-33(24-30-18-14-13-15-19-30)42(54)49-22-16-17-23-58-49/h13-15,18-19,26-29,31-33,35-39,44,50H,12,16-17,20-25H2,1-11H3,(H,45,52)(H,46,53)/t27-,28+,29?,31?,32-,33-,35+,36-,37-,38-,39+/m0/s1. The fraction of sp³-hybridized carbons (Fsp3) is 0.744. The molecule has 2 fully saturated rings. The number of nitrogens with zero attached hydrogens (tertiary/aromatic N) is 3. The number of rotatable bonds is 22. The molecule has 328 valence electrons. The highest BCUT2D eigenvalue weighted by Crippen LogP contribution is 2.27. The van der Waals surface area contributed by atoms with E-state index in [2.05, 4.69) is 16.0 Å². The second kappa shape index (κ2) is 23.4. The molecule has 2 heterocycles. The molecule has 15 heteroatoms. The minimum absolute atomic E-state index is 0.0342. The van der Waals surface area contributed by atoms with Crippen molar-refractivity contribution in [2.24, 2.45) is 17.8 Å². The number of aliphatic hydroxyl groups excluding tert-OH is 1. The molecule has 0 radical (unpaired) electrons. The zero-order valence-electron chi connectivity index (χ0n) is 36.7. The van der Waals surface area contributed by atoms with Gasteiger partial charge in [0.1, 0.15) is 18.1 Å². The predicted molar refractivity (Wildman–Crippen MR) is 221 cm³/mol. The Morgan fingerprint density at radius 1 is 0.948 bits per heavy atom. The van der Waals surface area contributed by atoms with Gasteiger partial charge in [0.15, 0.2) is 5.78 Å². The van der Waals surface area contributed by atoms with Gasteiger partial charge in [-0.2, -0.15) is 0 Å². The van der Waals surface area contributed by atoms with Crippen molar-refractivity contribution in [3.63, 3.8) is 0 Å². The molecular weight excluding hydrogens is 745 g/mol. The summed E-state index contributed by atoms with van der Waals surface area (Å²) < 4.78 is 11.9. The molecule has 0 aromatic heterocycles. The van der Waals surface area contributed by atoms with Crippen LogP contribution in [0.2, 0.25) is 0 Å². The van der Waals surface area contributed by atoms with Crippen LogP contribution >= 0.6 is 0 Å². The normalized spacial score (nSPS) is 21.9. The summed E-state index contributed by atoms with van der Waals surface area (Å²) >= 11 is 0. The van der Waals surface area contributed by atoms with E-state index < -0.39 is 60.3 Å². The second-order valence-electron chi connectivity index (χ2n) is 16.8. The Bertz CT molecular complexity index is 1470. The van der Waals surface area contributed by atoms with Crippen LogP contribution in [0.3, 0.4) is 0 Å². The summed E-state index contributed by atoms with van der Waals surface area (Å²) in [5.74, 6) is -2.44. The number of amides is 4. The zero-order valence-corrected chi connectivity index (χ0v) is 36.7. The Labute approximate surface area is 346 Å². The van der Waals surface area contributed by atoms with Gasteiger partial charge in [-0.1, -0.05) is 71.4 Å². The maximum atomic E-state index is 14.2. The number of benzene rings is 1. The SMILES string of the molecule is CC[C@H](C)[C@@H]([C@@H](CC(=O)C1CC[C@@H]([C@H](OC)[C@@H](C)C(=O)N[C@@H](Cc2ccccc2)C(=O)N2CCCCO2)N1)OC)N(C)C(=O)[C@@H](NC(=O)[C@H](C(C)O)N(C)C)C(C)C. The summed E-state index contributed by atoms with van der Waals surface area (Å²) in [7, 11) is 8.16. The van der Waals surface area contributed by atoms with Crippen molar-refractivity contribution in [1.29, 1.82) is 0 Å². The first kappa shape index (κ1) is 48.9. The van der Waals surface area contributed by atoms with Crippen LogP contribution in [0.1, 0.15) is 85.6 Å². The molecule has 11 atom stereocenters. The van der Waals surface area contributed by atoms with Gasteiger partial charge in [0.25, 0.3) is 5.91 Å². The van der Waals surface area contributed by atoms with E-state index in [4.69, 9.17) is 14.3 Å². The van der Waals surface area contributed by atoms with E-state index in [-0.39, 0.29) is 47.8 Å². The molecule has 15 nitrogen and oxygen atoms in total. The van der Waals surface area contributed by atoms with Gasteiger partial charge in [0, 0.05) is 46.7 Å². The van der Waals surface area contributed by atoms with Gasteiger partial charge >= 0.3 is 0 Å². The number of methoxy groups -OCH3 is 2. The fourth-order valence-electron chi connectivity index (χ4n) is 8.37. The molecule has 4 N–H and O–H groups in total. The van der Waals surface area contributed by atoms with E-state index in [9.17, 15) is 29.1 Å². The fourth-order valence-corrected chi connectivity index (χ4v) is 8.37. The topological polar surface area (TPSA) is 179 Å². The molecule has 2 aliphatic rings. The molecular formula is C43H72N6O9. The summed E-state index contributed by atoms with van der Waals surface area (Å²) in [6, 6.07) is 5.66. The summed E-state index contributed by atoms with van der Waals surface area (Å²) in [6.45, 7) is 12.0. The number of nitrogens with one attached hydrogen (secondary N) is 3. The number of hydroxylamine groups is 2. The monoisotopic (exact) mass is 817 g/mol. The molecule has 0 saturated carbocycles. The van der Waals surface area contributed by atoms with Gasteiger partial charge < -0.3 is 35.4 Å². The van der Waals surface area contributed by atoms with Crippen LogP contribution in [0.4, 0.5) is 0 Å². The van der Waals surface area contributed by atoms with Gasteiger partial charge in [-0.3, -0.25) is 33.7 Å². The average molecular weight is 817 g/mol. The Hall–Kier alpha value is -3.47. The highest BCUT2D eigenvalue weighted by molar-refractivity contribution is 5.91. The van der Waals surface area contributed by atoms with Crippen molar-refractivity contribution in [2.75, 3.05) is 48.5 Å². The number of ether oxygens (including phenoxy) is 2. The third-order valence-corrected chi connectivity index (χ3v) is 11.9. The van der Waals surface area contributed by atoms with E-state index in [1.165, 1.54) is 19.1 Å². The lowest BCUT2D eigenvalue weighted by Gasteiger charge is -2.40. The van der Waals surface area contributed by atoms with E-state index >= 15 is 0 Å². The Kier molecular flexibility index (Phi) is 19.7. The predicted octanol–water partition coefficient (Wildman–Crippen LogP) is 2.34. The molecule has 3 rings (SSSR count). The van der Waals surface area contributed by atoms with Crippen molar-refractivity contribution < 1.29 is 43.4 Å². The minimum atomic E-state index is -0.955. The summed E-state index contributed by atoms with van der Waals surface area (Å²) in [6.07, 6.45) is 1.67. The molecule has 2 saturated heterocycles. The summed E-state index contributed by atoms with van der Waals surface area (Å²) in [5, 5.41) is 20.9. The Balaban J connectivity index is 1.72. The van der Waals surface area contributed by atoms with Crippen LogP contribution in [-0.2, 0) is 44.7 Å². The highest BCUT2D eigenvalue weighted by atomic mass is 16.7. The van der Waals surface area contributed by atoms with Crippen LogP contribution in [-0.4, -0.2) is 152 Å². The van der Waals surface area contributed by atoms with Crippen LogP contribution in [0.25, 0.3) is 0 Å². The minimum Gasteiger partial charge on any atom is -0.391 e. The number of likely N-dealkylation sites (N-methyl/N-ethyl adjacent to an activating group) is 2. The number of hydrogen-bond acceptors (Lipinski definition) is 11. The van der Waals surface area contributed by atoms with Crippen molar-refractivity contribution >= 4 is 29.4 Å². The molecule has 0 bridgehead atoms. The molecule has 58 heavy (non-hydrogen) atoms. The molecule has 2 aliphatic heterocycles. The first-order chi connectivity index (χ1) is 27.5. The Morgan fingerprint density at radius 3 is 2.16 bits per heavy atom. The smallest absolute Gasteiger partial charge is 0.269 e. The number of ketones is 1. The van der Waals surface area contributed by atoms with Gasteiger partial charge in [-0.25, -0.2) is 5.06 Å². The van der Waals surface area contributed by atoms with Gasteiger partial charge in [-0.05, 0) is 64.1 Å². The molecule has 4 amide bonds. The highest BCUT2D eigenvalue weighted by Gasteiger charge is 2.43. The number of carbonyl (C=O) groups is 5. The zero-order chi connectivity index (χ0) is 43.3. The first-order valence-electron chi connectivity index (χ1n) is 21.0. The van der Waals surface area contributed by atoms with Crippen LogP contribution in [0, 0.1) is 17.8 Å². The molecule has 1 aromatic carbocycles. The van der Waals surface area contributed by atoms with E-state index in [0.717, 1.165) is 18.4 Å². The van der Waals surface area contributed by atoms with Crippen LogP contribution in [0.5, 0.6) is 0 Å². The van der Waals surface area contributed by atoms with Crippen molar-refractivity contribution in [2.45, 2.75) is 141 Å². The second-order valence-corrected chi connectivity index (χ2v) is 16.8. The summed E-state index contributed by atoms with van der Waals surface area (Å²) in [5.41, 5.74) is 0.908.